The Morgan fingerprint density at radius 3 is 2.06 bits per heavy atom. The van der Waals surface area contributed by atoms with Crippen molar-refractivity contribution in [2.24, 2.45) is 0 Å². The molecule has 254 valence electrons. The summed E-state index contributed by atoms with van der Waals surface area (Å²) in [6, 6.07) is 19.0. The van der Waals surface area contributed by atoms with Gasteiger partial charge >= 0.3 is 12.4 Å². The van der Waals surface area contributed by atoms with Crippen LogP contribution in [0.5, 0.6) is 0 Å². The number of alkyl halides is 6. The fourth-order valence-corrected chi connectivity index (χ4v) is 7.12. The molecule has 1 atom stereocenters. The maximum Gasteiger partial charge on any atom is 0.416 e. The zero-order valence-corrected chi connectivity index (χ0v) is 26.1. The van der Waals surface area contributed by atoms with Crippen LogP contribution < -0.4 is 5.32 Å². The van der Waals surface area contributed by atoms with Gasteiger partial charge in [-0.25, -0.2) is 0 Å². The number of aliphatic hydroxyl groups excluding tert-OH is 1. The molecule has 1 saturated heterocycles. The lowest BCUT2D eigenvalue weighted by Gasteiger charge is -2.42. The van der Waals surface area contributed by atoms with Crippen LogP contribution in [0.3, 0.4) is 0 Å². The largest absolute Gasteiger partial charge is 0.416 e. The van der Waals surface area contributed by atoms with E-state index in [-0.39, 0.29) is 37.4 Å². The molecule has 47 heavy (non-hydrogen) atoms. The van der Waals surface area contributed by atoms with Gasteiger partial charge in [-0.1, -0.05) is 55.0 Å². The lowest BCUT2D eigenvalue weighted by Crippen LogP contribution is -2.45. The van der Waals surface area contributed by atoms with Crippen molar-refractivity contribution in [1.29, 1.82) is 0 Å². The summed E-state index contributed by atoms with van der Waals surface area (Å²) in [5.74, 6) is -0.0162. The number of para-hydroxylation sites is 1. The van der Waals surface area contributed by atoms with Crippen LogP contribution in [0.2, 0.25) is 0 Å². The molecular weight excluding hydrogens is 622 g/mol. The highest BCUT2D eigenvalue weighted by Crippen LogP contribution is 2.45. The number of anilines is 1. The minimum absolute atomic E-state index is 0.0162. The fraction of sp³-hybridized carbons (Fsp3) is 0.472. The topological polar surface area (TPSA) is 61.8 Å². The molecule has 3 aromatic carbocycles. The number of nitrogens with one attached hydrogen (secondary N) is 1. The summed E-state index contributed by atoms with van der Waals surface area (Å²) in [6.45, 7) is 2.13. The number of ether oxygens (including phenoxy) is 1. The molecule has 5 nitrogen and oxygen atoms in total. The van der Waals surface area contributed by atoms with E-state index in [2.05, 4.69) is 10.2 Å². The average molecular weight is 663 g/mol. The summed E-state index contributed by atoms with van der Waals surface area (Å²) in [5.41, 5.74) is -1.13. The van der Waals surface area contributed by atoms with Gasteiger partial charge in [-0.3, -0.25) is 4.79 Å². The SMILES string of the molecule is O=C1Nc2ccccc2C1(CCCO)CCCCN1CCC(COCc2cc(C(F)(F)F)cc(C(F)(F)F)c2)(c2ccccc2)CC1. The van der Waals surface area contributed by atoms with Crippen molar-refractivity contribution in [3.63, 3.8) is 0 Å². The molecule has 2 heterocycles. The third-order valence-electron chi connectivity index (χ3n) is 9.71. The Kier molecular flexibility index (Phi) is 10.7. The van der Waals surface area contributed by atoms with Crippen molar-refractivity contribution in [3.05, 3.63) is 101 Å². The molecule has 2 aliphatic rings. The Balaban J connectivity index is 1.20. The number of hydrogen-bond donors (Lipinski definition) is 2. The number of hydrogen-bond acceptors (Lipinski definition) is 4. The summed E-state index contributed by atoms with van der Waals surface area (Å²) >= 11 is 0. The summed E-state index contributed by atoms with van der Waals surface area (Å²) < 4.78 is 86.1. The first kappa shape index (κ1) is 34.9. The van der Waals surface area contributed by atoms with Crippen molar-refractivity contribution in [3.8, 4) is 0 Å². The van der Waals surface area contributed by atoms with Crippen LogP contribution in [0.4, 0.5) is 32.0 Å². The van der Waals surface area contributed by atoms with Crippen molar-refractivity contribution in [2.75, 3.05) is 38.2 Å². The second-order valence-corrected chi connectivity index (χ2v) is 12.8. The number of benzene rings is 3. The molecule has 3 aromatic rings. The predicted octanol–water partition coefficient (Wildman–Crippen LogP) is 8.11. The van der Waals surface area contributed by atoms with Crippen molar-refractivity contribution >= 4 is 11.6 Å². The number of carbonyl (C=O) groups excluding carboxylic acids is 1. The van der Waals surface area contributed by atoms with E-state index in [1.54, 1.807) is 0 Å². The lowest BCUT2D eigenvalue weighted by molar-refractivity contribution is -0.143. The van der Waals surface area contributed by atoms with Crippen LogP contribution in [0.1, 0.15) is 72.8 Å². The average Bonchev–Trinajstić information content (AvgIpc) is 3.33. The van der Waals surface area contributed by atoms with Gasteiger partial charge < -0.3 is 20.1 Å². The van der Waals surface area contributed by atoms with Crippen LogP contribution in [-0.2, 0) is 39.3 Å². The van der Waals surface area contributed by atoms with Gasteiger partial charge in [-0.15, -0.1) is 0 Å². The number of nitrogens with zero attached hydrogens (tertiary/aromatic N) is 1. The highest BCUT2D eigenvalue weighted by molar-refractivity contribution is 6.06. The van der Waals surface area contributed by atoms with E-state index in [1.807, 2.05) is 54.6 Å². The summed E-state index contributed by atoms with van der Waals surface area (Å²) in [4.78, 5) is 15.5. The minimum Gasteiger partial charge on any atom is -0.396 e. The third-order valence-corrected chi connectivity index (χ3v) is 9.71. The molecule has 0 saturated carbocycles. The maximum atomic E-state index is 13.4. The van der Waals surface area contributed by atoms with Gasteiger partial charge in [0.2, 0.25) is 5.91 Å². The molecule has 0 aliphatic carbocycles. The van der Waals surface area contributed by atoms with Crippen LogP contribution in [0.25, 0.3) is 0 Å². The number of aliphatic hydroxyl groups is 1. The first-order chi connectivity index (χ1) is 22.4. The van der Waals surface area contributed by atoms with Crippen molar-refractivity contribution in [1.82, 2.24) is 4.90 Å². The lowest BCUT2D eigenvalue weighted by atomic mass is 9.73. The minimum atomic E-state index is -4.91. The molecule has 0 radical (unpaired) electrons. The molecule has 1 fully saturated rings. The Bertz CT molecular complexity index is 1470. The first-order valence-corrected chi connectivity index (χ1v) is 16.0. The van der Waals surface area contributed by atoms with Crippen LogP contribution in [0.15, 0.2) is 72.8 Å². The number of fused-ring (bicyclic) bond motifs is 1. The zero-order chi connectivity index (χ0) is 33.7. The molecule has 11 heteroatoms. The summed E-state index contributed by atoms with van der Waals surface area (Å²) in [5, 5.41) is 12.5. The summed E-state index contributed by atoms with van der Waals surface area (Å²) in [7, 11) is 0. The van der Waals surface area contributed by atoms with Crippen LogP contribution in [0, 0.1) is 0 Å². The quantitative estimate of drug-likeness (QED) is 0.144. The molecular formula is C36H40F6N2O3. The molecule has 0 aromatic heterocycles. The van der Waals surface area contributed by atoms with E-state index < -0.39 is 34.3 Å². The first-order valence-electron chi connectivity index (χ1n) is 16.0. The molecule has 0 bridgehead atoms. The van der Waals surface area contributed by atoms with Crippen molar-refractivity contribution in [2.45, 2.75) is 74.7 Å². The number of amides is 1. The van der Waals surface area contributed by atoms with E-state index >= 15 is 0 Å². The Hall–Kier alpha value is -3.41. The van der Waals surface area contributed by atoms with Gasteiger partial charge in [0.15, 0.2) is 0 Å². The van der Waals surface area contributed by atoms with Gasteiger partial charge in [0.1, 0.15) is 0 Å². The Labute approximate surface area is 270 Å². The second-order valence-electron chi connectivity index (χ2n) is 12.8. The number of halogens is 6. The monoisotopic (exact) mass is 662 g/mol. The van der Waals surface area contributed by atoms with E-state index in [0.717, 1.165) is 61.4 Å². The van der Waals surface area contributed by atoms with Crippen LogP contribution >= 0.6 is 0 Å². The smallest absolute Gasteiger partial charge is 0.396 e. The Morgan fingerprint density at radius 1 is 0.809 bits per heavy atom. The second kappa shape index (κ2) is 14.4. The maximum absolute atomic E-state index is 13.4. The van der Waals surface area contributed by atoms with E-state index in [4.69, 9.17) is 4.74 Å². The number of piperidine rings is 1. The number of rotatable bonds is 13. The van der Waals surface area contributed by atoms with Gasteiger partial charge in [0.25, 0.3) is 0 Å². The Morgan fingerprint density at radius 2 is 1.43 bits per heavy atom. The number of carbonyl (C=O) groups is 1. The molecule has 2 aliphatic heterocycles. The van der Waals surface area contributed by atoms with Gasteiger partial charge in [-0.05, 0) is 99.1 Å². The third kappa shape index (κ3) is 8.01. The zero-order valence-electron chi connectivity index (χ0n) is 26.1. The van der Waals surface area contributed by atoms with E-state index in [9.17, 15) is 36.2 Å². The molecule has 1 amide bonds. The normalized spacial score (nSPS) is 19.9. The van der Waals surface area contributed by atoms with Gasteiger partial charge in [-0.2, -0.15) is 26.3 Å². The highest BCUT2D eigenvalue weighted by Gasteiger charge is 2.45. The number of unbranched alkanes of at least 4 members (excludes halogenated alkanes) is 1. The van der Waals surface area contributed by atoms with E-state index in [0.29, 0.717) is 32.1 Å². The molecule has 0 spiro atoms. The van der Waals surface area contributed by atoms with Crippen molar-refractivity contribution < 1.29 is 41.0 Å². The van der Waals surface area contributed by atoms with E-state index in [1.165, 1.54) is 0 Å². The molecule has 1 unspecified atom stereocenters. The molecule has 5 rings (SSSR count). The summed E-state index contributed by atoms with van der Waals surface area (Å²) in [6.07, 6.45) is -4.91. The fourth-order valence-electron chi connectivity index (χ4n) is 7.12. The standard InChI is InChI=1S/C36H40F6N2O3/c37-35(38,39)28-21-26(22-29(23-28)36(40,41)42)24-47-25-33(27-9-2-1-3-10-27)15-18-44(19-16-33)17-7-6-13-34(14-8-20-45)30-11-4-5-12-31(30)43-32(34)46/h1-5,9-12,21-23,45H,6-8,13-20,24-25H2,(H,43,46). The van der Waals surface area contributed by atoms with Gasteiger partial charge in [0, 0.05) is 17.7 Å². The molecule has 2 N–H and O–H groups in total. The highest BCUT2D eigenvalue weighted by atomic mass is 19.4. The number of likely N-dealkylation sites (tertiary alicyclic amines) is 1. The van der Waals surface area contributed by atoms with Crippen LogP contribution in [-0.4, -0.2) is 48.8 Å². The van der Waals surface area contributed by atoms with Gasteiger partial charge in [0.05, 0.1) is 29.8 Å². The predicted molar refractivity (Wildman–Crippen MR) is 167 cm³/mol.